The van der Waals surface area contributed by atoms with Crippen LogP contribution in [0, 0.1) is 0 Å². The molecule has 0 aliphatic carbocycles. The van der Waals surface area contributed by atoms with Crippen molar-refractivity contribution in [3.8, 4) is 0 Å². The van der Waals surface area contributed by atoms with E-state index in [-0.39, 0.29) is 18.5 Å². The Hall–Kier alpha value is -3.62. The molecule has 2 aromatic heterocycles. The van der Waals surface area contributed by atoms with E-state index >= 15 is 0 Å². The van der Waals surface area contributed by atoms with Crippen LogP contribution >= 0.6 is 11.3 Å². The van der Waals surface area contributed by atoms with Crippen molar-refractivity contribution in [2.75, 3.05) is 13.1 Å². The Morgan fingerprint density at radius 2 is 1.58 bits per heavy atom. The van der Waals surface area contributed by atoms with Gasteiger partial charge in [0.25, 0.3) is 5.91 Å². The third-order valence-electron chi connectivity index (χ3n) is 7.23. The lowest BCUT2D eigenvalue weighted by atomic mass is 9.85. The molecular formula is C28H27N5O2S. The Bertz CT molecular complexity index is 1350. The zero-order valence-corrected chi connectivity index (χ0v) is 20.7. The van der Waals surface area contributed by atoms with Crippen molar-refractivity contribution in [2.45, 2.75) is 38.0 Å². The SMILES string of the molecule is O=C1N(Cc2ccccn2)C(=O)C2(CCN(Cc3nc4ccccc4s3)CC2)N1Cc1ccccc1. The average Bonchev–Trinajstić information content (AvgIpc) is 3.40. The highest BCUT2D eigenvalue weighted by Crippen LogP contribution is 2.39. The van der Waals surface area contributed by atoms with Crippen LogP contribution in [0.15, 0.2) is 79.0 Å². The van der Waals surface area contributed by atoms with Crippen LogP contribution in [-0.4, -0.2) is 55.2 Å². The fourth-order valence-corrected chi connectivity index (χ4v) is 6.31. The summed E-state index contributed by atoms with van der Waals surface area (Å²) < 4.78 is 1.19. The number of amides is 3. The van der Waals surface area contributed by atoms with Crippen LogP contribution in [0.1, 0.15) is 29.1 Å². The second-order valence-corrected chi connectivity index (χ2v) is 10.6. The van der Waals surface area contributed by atoms with E-state index in [1.54, 1.807) is 17.5 Å². The number of likely N-dealkylation sites (tertiary alicyclic amines) is 1. The predicted molar refractivity (Wildman–Crippen MR) is 139 cm³/mol. The molecule has 8 heteroatoms. The maximum atomic E-state index is 13.9. The summed E-state index contributed by atoms with van der Waals surface area (Å²) in [5, 5.41) is 1.08. The highest BCUT2D eigenvalue weighted by molar-refractivity contribution is 7.18. The van der Waals surface area contributed by atoms with Crippen molar-refractivity contribution in [3.63, 3.8) is 0 Å². The molecule has 6 rings (SSSR count). The summed E-state index contributed by atoms with van der Waals surface area (Å²) >= 11 is 1.72. The molecule has 0 saturated carbocycles. The van der Waals surface area contributed by atoms with E-state index in [0.29, 0.717) is 25.1 Å². The first-order valence-corrected chi connectivity index (χ1v) is 13.1. The number of piperidine rings is 1. The summed E-state index contributed by atoms with van der Waals surface area (Å²) in [6.07, 6.45) is 2.90. The number of rotatable bonds is 6. The molecule has 182 valence electrons. The van der Waals surface area contributed by atoms with Crippen LogP contribution in [0.4, 0.5) is 4.79 Å². The molecule has 7 nitrogen and oxygen atoms in total. The Morgan fingerprint density at radius 3 is 2.33 bits per heavy atom. The lowest BCUT2D eigenvalue weighted by Crippen LogP contribution is -2.56. The number of nitrogens with zero attached hydrogens (tertiary/aromatic N) is 5. The highest BCUT2D eigenvalue weighted by Gasteiger charge is 2.57. The quantitative estimate of drug-likeness (QED) is 0.362. The van der Waals surface area contributed by atoms with Crippen LogP contribution in [0.2, 0.25) is 0 Å². The van der Waals surface area contributed by atoms with Gasteiger partial charge in [-0.3, -0.25) is 19.6 Å². The summed E-state index contributed by atoms with van der Waals surface area (Å²) in [6, 6.07) is 23.5. The number of pyridine rings is 1. The average molecular weight is 498 g/mol. The highest BCUT2D eigenvalue weighted by atomic mass is 32.1. The van der Waals surface area contributed by atoms with Gasteiger partial charge in [-0.05, 0) is 42.7 Å². The molecule has 4 aromatic rings. The lowest BCUT2D eigenvalue weighted by molar-refractivity contribution is -0.136. The van der Waals surface area contributed by atoms with Crippen molar-refractivity contribution in [1.29, 1.82) is 0 Å². The number of aromatic nitrogens is 2. The molecule has 1 spiro atoms. The van der Waals surface area contributed by atoms with E-state index < -0.39 is 5.54 Å². The zero-order chi connectivity index (χ0) is 24.5. The van der Waals surface area contributed by atoms with Gasteiger partial charge in [0.15, 0.2) is 0 Å². The molecule has 0 N–H and O–H groups in total. The molecule has 2 aliphatic heterocycles. The third kappa shape index (κ3) is 4.16. The second kappa shape index (κ2) is 9.44. The van der Waals surface area contributed by atoms with Gasteiger partial charge in [-0.2, -0.15) is 0 Å². The minimum absolute atomic E-state index is 0.103. The molecule has 3 amide bonds. The van der Waals surface area contributed by atoms with Crippen molar-refractivity contribution in [2.24, 2.45) is 0 Å². The summed E-state index contributed by atoms with van der Waals surface area (Å²) in [5.41, 5.74) is 1.94. The molecule has 4 heterocycles. The molecule has 0 bridgehead atoms. The number of hydrogen-bond donors (Lipinski definition) is 0. The lowest BCUT2D eigenvalue weighted by Gasteiger charge is -2.42. The fourth-order valence-electron chi connectivity index (χ4n) is 5.30. The number of hydrogen-bond acceptors (Lipinski definition) is 6. The Balaban J connectivity index is 1.23. The number of benzene rings is 2. The number of para-hydroxylation sites is 1. The van der Waals surface area contributed by atoms with E-state index in [9.17, 15) is 9.59 Å². The van der Waals surface area contributed by atoms with Crippen molar-refractivity contribution < 1.29 is 9.59 Å². The third-order valence-corrected chi connectivity index (χ3v) is 8.25. The molecule has 2 aromatic carbocycles. The Labute approximate surface area is 214 Å². The van der Waals surface area contributed by atoms with Crippen LogP contribution in [-0.2, 0) is 24.4 Å². The summed E-state index contributed by atoms with van der Waals surface area (Å²) in [7, 11) is 0. The molecule has 0 radical (unpaired) electrons. The van der Waals surface area contributed by atoms with Gasteiger partial charge in [0.05, 0.1) is 29.0 Å². The Kier molecular flexibility index (Phi) is 5.99. The number of carbonyl (C=O) groups excluding carboxylic acids is 2. The molecule has 2 fully saturated rings. The van der Waals surface area contributed by atoms with E-state index in [2.05, 4.69) is 16.0 Å². The van der Waals surface area contributed by atoms with Crippen LogP contribution < -0.4 is 0 Å². The van der Waals surface area contributed by atoms with Gasteiger partial charge in [0.1, 0.15) is 10.5 Å². The van der Waals surface area contributed by atoms with Crippen molar-refractivity contribution >= 4 is 33.5 Å². The van der Waals surface area contributed by atoms with Gasteiger partial charge in [-0.25, -0.2) is 9.78 Å². The number of fused-ring (bicyclic) bond motifs is 1. The molecule has 2 saturated heterocycles. The number of thiazole rings is 1. The zero-order valence-electron chi connectivity index (χ0n) is 19.9. The fraction of sp³-hybridized carbons (Fsp3) is 0.286. The molecule has 0 atom stereocenters. The van der Waals surface area contributed by atoms with E-state index in [1.165, 1.54) is 9.60 Å². The molecule has 2 aliphatic rings. The van der Waals surface area contributed by atoms with Crippen LogP contribution in [0.5, 0.6) is 0 Å². The van der Waals surface area contributed by atoms with Gasteiger partial charge in [-0.1, -0.05) is 48.5 Å². The smallest absolute Gasteiger partial charge is 0.305 e. The first kappa shape index (κ1) is 22.8. The van der Waals surface area contributed by atoms with Crippen molar-refractivity contribution in [3.05, 3.63) is 95.3 Å². The minimum Gasteiger partial charge on any atom is -0.305 e. The van der Waals surface area contributed by atoms with Crippen LogP contribution in [0.3, 0.4) is 0 Å². The van der Waals surface area contributed by atoms with Gasteiger partial charge in [-0.15, -0.1) is 11.3 Å². The first-order chi connectivity index (χ1) is 17.6. The number of imide groups is 1. The molecule has 36 heavy (non-hydrogen) atoms. The van der Waals surface area contributed by atoms with Gasteiger partial charge in [0.2, 0.25) is 0 Å². The predicted octanol–water partition coefficient (Wildman–Crippen LogP) is 4.69. The molecule has 0 unspecified atom stereocenters. The van der Waals surface area contributed by atoms with E-state index in [0.717, 1.165) is 35.7 Å². The van der Waals surface area contributed by atoms with Crippen molar-refractivity contribution in [1.82, 2.24) is 24.7 Å². The van der Waals surface area contributed by atoms with E-state index in [1.807, 2.05) is 71.6 Å². The maximum absolute atomic E-state index is 13.9. The maximum Gasteiger partial charge on any atom is 0.328 e. The summed E-state index contributed by atoms with van der Waals surface area (Å²) in [4.78, 5) is 42.2. The molecular weight excluding hydrogens is 470 g/mol. The monoisotopic (exact) mass is 497 g/mol. The minimum atomic E-state index is -0.828. The largest absolute Gasteiger partial charge is 0.328 e. The first-order valence-electron chi connectivity index (χ1n) is 12.3. The number of urea groups is 1. The van der Waals surface area contributed by atoms with E-state index in [4.69, 9.17) is 4.98 Å². The second-order valence-electron chi connectivity index (χ2n) is 9.45. The van der Waals surface area contributed by atoms with Crippen LogP contribution in [0.25, 0.3) is 10.2 Å². The standard InChI is InChI=1S/C28H27N5O2S/c34-26-28(13-16-31(17-14-28)20-25-30-23-11-4-5-12-24(23)36-25)33(18-21-8-2-1-3-9-21)27(35)32(26)19-22-10-6-7-15-29-22/h1-12,15H,13-14,16-20H2. The summed E-state index contributed by atoms with van der Waals surface area (Å²) in [5.74, 6) is -0.103. The van der Waals surface area contributed by atoms with Gasteiger partial charge in [0, 0.05) is 25.8 Å². The topological polar surface area (TPSA) is 69.6 Å². The van der Waals surface area contributed by atoms with Gasteiger partial charge >= 0.3 is 6.03 Å². The number of carbonyl (C=O) groups is 2. The normalized spacial score (nSPS) is 18.0. The Morgan fingerprint density at radius 1 is 0.833 bits per heavy atom. The van der Waals surface area contributed by atoms with Gasteiger partial charge < -0.3 is 4.90 Å². The summed E-state index contributed by atoms with van der Waals surface area (Å²) in [6.45, 7) is 2.84.